The fourth-order valence-electron chi connectivity index (χ4n) is 2.68. The lowest BCUT2D eigenvalue weighted by molar-refractivity contribution is -0.137. The molecule has 3 rings (SSSR count). The van der Waals surface area contributed by atoms with E-state index >= 15 is 0 Å². The van der Waals surface area contributed by atoms with E-state index in [1.165, 1.54) is 0 Å². The maximum absolute atomic E-state index is 12.2. The first-order valence-electron chi connectivity index (χ1n) is 6.75. The molecule has 0 spiro atoms. The number of aliphatic carboxylic acids is 1. The fraction of sp³-hybridized carbons (Fsp3) is 0.357. The van der Waals surface area contributed by atoms with E-state index in [2.05, 4.69) is 10.2 Å². The van der Waals surface area contributed by atoms with Gasteiger partial charge in [0, 0.05) is 31.9 Å². The van der Waals surface area contributed by atoms with Crippen LogP contribution >= 0.6 is 0 Å². The fourth-order valence-corrected chi connectivity index (χ4v) is 2.68. The van der Waals surface area contributed by atoms with Crippen molar-refractivity contribution >= 4 is 23.5 Å². The molecule has 1 aromatic carbocycles. The number of imide groups is 1. The van der Waals surface area contributed by atoms with E-state index in [4.69, 9.17) is 5.11 Å². The molecule has 7 nitrogen and oxygen atoms in total. The third kappa shape index (κ3) is 2.36. The average molecular weight is 289 g/mol. The van der Waals surface area contributed by atoms with Crippen molar-refractivity contribution in [3.8, 4) is 0 Å². The van der Waals surface area contributed by atoms with Gasteiger partial charge >= 0.3 is 5.97 Å². The van der Waals surface area contributed by atoms with E-state index in [-0.39, 0.29) is 11.1 Å². The van der Waals surface area contributed by atoms with Crippen molar-refractivity contribution < 1.29 is 19.5 Å². The summed E-state index contributed by atoms with van der Waals surface area (Å²) in [6.45, 7) is 2.80. The number of carbonyl (C=O) groups excluding carboxylic acids is 2. The van der Waals surface area contributed by atoms with Crippen LogP contribution in [0.3, 0.4) is 0 Å². The number of fused-ring (bicyclic) bond motifs is 1. The van der Waals surface area contributed by atoms with Crippen molar-refractivity contribution in [2.75, 3.05) is 37.6 Å². The van der Waals surface area contributed by atoms with Gasteiger partial charge in [-0.15, -0.1) is 0 Å². The highest BCUT2D eigenvalue weighted by Gasteiger charge is 2.37. The van der Waals surface area contributed by atoms with Crippen LogP contribution in [0.1, 0.15) is 20.7 Å². The predicted octanol–water partition coefficient (Wildman–Crippen LogP) is -0.223. The van der Waals surface area contributed by atoms with Gasteiger partial charge in [-0.3, -0.25) is 19.3 Å². The Morgan fingerprint density at radius 1 is 1.14 bits per heavy atom. The molecule has 2 aliphatic heterocycles. The van der Waals surface area contributed by atoms with Crippen LogP contribution in [0, 0.1) is 0 Å². The summed E-state index contributed by atoms with van der Waals surface area (Å²) in [7, 11) is 0. The molecule has 2 aliphatic rings. The zero-order valence-corrected chi connectivity index (χ0v) is 11.3. The number of anilines is 1. The lowest BCUT2D eigenvalue weighted by Crippen LogP contribution is -2.43. The lowest BCUT2D eigenvalue weighted by atomic mass is 10.1. The van der Waals surface area contributed by atoms with E-state index in [9.17, 15) is 14.4 Å². The van der Waals surface area contributed by atoms with E-state index in [0.717, 1.165) is 36.8 Å². The Bertz CT molecular complexity index is 623. The molecule has 0 aliphatic carbocycles. The van der Waals surface area contributed by atoms with Crippen LogP contribution in [-0.2, 0) is 4.79 Å². The maximum Gasteiger partial charge on any atom is 0.323 e. The molecule has 0 saturated carbocycles. The van der Waals surface area contributed by atoms with Gasteiger partial charge in [-0.1, -0.05) is 0 Å². The molecule has 0 atom stereocenters. The number of amides is 2. The molecule has 0 unspecified atom stereocenters. The van der Waals surface area contributed by atoms with Gasteiger partial charge < -0.3 is 15.3 Å². The van der Waals surface area contributed by atoms with Crippen LogP contribution in [0.15, 0.2) is 18.2 Å². The minimum atomic E-state index is -1.20. The Kier molecular flexibility index (Phi) is 3.34. The average Bonchev–Trinajstić information content (AvgIpc) is 2.72. The van der Waals surface area contributed by atoms with Crippen molar-refractivity contribution in [2.24, 2.45) is 0 Å². The maximum atomic E-state index is 12.2. The van der Waals surface area contributed by atoms with Gasteiger partial charge in [-0.25, -0.2) is 0 Å². The number of hydrogen-bond acceptors (Lipinski definition) is 5. The zero-order chi connectivity index (χ0) is 15.0. The van der Waals surface area contributed by atoms with Crippen molar-refractivity contribution in [3.05, 3.63) is 29.3 Å². The van der Waals surface area contributed by atoms with Gasteiger partial charge in [0.15, 0.2) is 0 Å². The van der Waals surface area contributed by atoms with Crippen molar-refractivity contribution in [3.63, 3.8) is 0 Å². The first kappa shape index (κ1) is 13.6. The smallest absolute Gasteiger partial charge is 0.323 e. The summed E-state index contributed by atoms with van der Waals surface area (Å²) in [5, 5.41) is 12.0. The summed E-state index contributed by atoms with van der Waals surface area (Å²) in [4.78, 5) is 37.9. The van der Waals surface area contributed by atoms with Crippen LogP contribution < -0.4 is 10.2 Å². The monoisotopic (exact) mass is 289 g/mol. The summed E-state index contributed by atoms with van der Waals surface area (Å²) < 4.78 is 0. The number of rotatable bonds is 3. The quantitative estimate of drug-likeness (QED) is 0.748. The third-order valence-electron chi connectivity index (χ3n) is 3.73. The number of nitrogens with zero attached hydrogens (tertiary/aromatic N) is 2. The Hall–Kier alpha value is -2.41. The third-order valence-corrected chi connectivity index (χ3v) is 3.73. The van der Waals surface area contributed by atoms with E-state index in [0.29, 0.717) is 0 Å². The number of benzene rings is 1. The topological polar surface area (TPSA) is 89.9 Å². The van der Waals surface area contributed by atoms with Crippen molar-refractivity contribution in [2.45, 2.75) is 0 Å². The molecule has 21 heavy (non-hydrogen) atoms. The molecule has 2 heterocycles. The van der Waals surface area contributed by atoms with Gasteiger partial charge in [0.25, 0.3) is 11.8 Å². The molecular formula is C14H15N3O4. The summed E-state index contributed by atoms with van der Waals surface area (Å²) in [6.07, 6.45) is 0. The Balaban J connectivity index is 1.90. The second-order valence-electron chi connectivity index (χ2n) is 5.06. The summed E-state index contributed by atoms with van der Waals surface area (Å²) in [6, 6.07) is 5.09. The molecule has 2 N–H and O–H groups in total. The molecule has 0 bridgehead atoms. The second kappa shape index (κ2) is 5.17. The standard InChI is InChI=1S/C14H15N3O4/c18-12(19)8-17-13(20)10-2-1-9(7-11(10)14(17)21)16-5-3-15-4-6-16/h1-2,7,15H,3-6,8H2,(H,18,19). The van der Waals surface area contributed by atoms with Gasteiger partial charge in [-0.2, -0.15) is 0 Å². The molecule has 2 amide bonds. The Morgan fingerprint density at radius 3 is 2.48 bits per heavy atom. The molecule has 1 saturated heterocycles. The molecule has 0 radical (unpaired) electrons. The van der Waals surface area contributed by atoms with Crippen LogP contribution in [0.2, 0.25) is 0 Å². The minimum Gasteiger partial charge on any atom is -0.480 e. The predicted molar refractivity (Wildman–Crippen MR) is 74.5 cm³/mol. The van der Waals surface area contributed by atoms with E-state index in [1.807, 2.05) is 0 Å². The number of carbonyl (C=O) groups is 3. The van der Waals surface area contributed by atoms with Crippen molar-refractivity contribution in [1.29, 1.82) is 0 Å². The number of carboxylic acids is 1. The first-order chi connectivity index (χ1) is 10.1. The molecule has 1 aromatic rings. The number of hydrogen-bond donors (Lipinski definition) is 2. The van der Waals surface area contributed by atoms with E-state index in [1.54, 1.807) is 18.2 Å². The number of carboxylic acid groups (broad SMARTS) is 1. The molecule has 110 valence electrons. The summed E-state index contributed by atoms with van der Waals surface area (Å²) in [5.74, 6) is -2.27. The Morgan fingerprint density at radius 2 is 1.81 bits per heavy atom. The molecule has 0 aromatic heterocycles. The molecule has 7 heteroatoms. The summed E-state index contributed by atoms with van der Waals surface area (Å²) in [5.41, 5.74) is 1.45. The first-order valence-corrected chi connectivity index (χ1v) is 6.75. The lowest BCUT2D eigenvalue weighted by Gasteiger charge is -2.29. The SMILES string of the molecule is O=C(O)CN1C(=O)c2ccc(N3CCNCC3)cc2C1=O. The highest BCUT2D eigenvalue weighted by molar-refractivity contribution is 6.22. The highest BCUT2D eigenvalue weighted by Crippen LogP contribution is 2.27. The van der Waals surface area contributed by atoms with Crippen LogP contribution in [0.25, 0.3) is 0 Å². The second-order valence-corrected chi connectivity index (χ2v) is 5.06. The van der Waals surface area contributed by atoms with Crippen LogP contribution in [0.5, 0.6) is 0 Å². The number of nitrogens with one attached hydrogen (secondary N) is 1. The highest BCUT2D eigenvalue weighted by atomic mass is 16.4. The summed E-state index contributed by atoms with van der Waals surface area (Å²) >= 11 is 0. The van der Waals surface area contributed by atoms with Gasteiger partial charge in [0.2, 0.25) is 0 Å². The van der Waals surface area contributed by atoms with E-state index < -0.39 is 24.3 Å². The van der Waals surface area contributed by atoms with Crippen molar-refractivity contribution in [1.82, 2.24) is 10.2 Å². The van der Waals surface area contributed by atoms with Crippen LogP contribution in [-0.4, -0.2) is 60.5 Å². The number of piperazine rings is 1. The van der Waals surface area contributed by atoms with Gasteiger partial charge in [0.05, 0.1) is 11.1 Å². The van der Waals surface area contributed by atoms with Gasteiger partial charge in [-0.05, 0) is 18.2 Å². The largest absolute Gasteiger partial charge is 0.480 e. The normalized spacial score (nSPS) is 18.1. The molecule has 1 fully saturated rings. The van der Waals surface area contributed by atoms with Crippen LogP contribution in [0.4, 0.5) is 5.69 Å². The zero-order valence-electron chi connectivity index (χ0n) is 11.3. The Labute approximate surface area is 121 Å². The van der Waals surface area contributed by atoms with Gasteiger partial charge in [0.1, 0.15) is 6.54 Å². The molecular weight excluding hydrogens is 274 g/mol. The minimum absolute atomic E-state index is 0.278.